The number of hydrogen-bond acceptors (Lipinski definition) is 5. The molecule has 0 bridgehead atoms. The maximum atomic E-state index is 12.3. The molecule has 0 spiro atoms. The average molecular weight is 349 g/mol. The van der Waals surface area contributed by atoms with E-state index in [1.807, 2.05) is 0 Å². The summed E-state index contributed by atoms with van der Waals surface area (Å²) in [5.41, 5.74) is 0.662. The smallest absolute Gasteiger partial charge is 0.226 e. The molecule has 6 heteroatoms. The molecule has 2 rings (SSSR count). The fourth-order valence-electron chi connectivity index (χ4n) is 3.19. The van der Waals surface area contributed by atoms with Gasteiger partial charge in [0.15, 0.2) is 0 Å². The van der Waals surface area contributed by atoms with Crippen LogP contribution in [0, 0.1) is 5.92 Å². The summed E-state index contributed by atoms with van der Waals surface area (Å²) in [6.45, 7) is 8.70. The molecule has 140 valence electrons. The van der Waals surface area contributed by atoms with E-state index in [2.05, 4.69) is 29.4 Å². The van der Waals surface area contributed by atoms with E-state index >= 15 is 0 Å². The van der Waals surface area contributed by atoms with E-state index in [4.69, 9.17) is 9.47 Å². The van der Waals surface area contributed by atoms with E-state index in [0.29, 0.717) is 29.5 Å². The van der Waals surface area contributed by atoms with Crippen LogP contribution in [0.1, 0.15) is 26.7 Å². The van der Waals surface area contributed by atoms with E-state index in [0.717, 1.165) is 19.6 Å². The molecule has 0 saturated carbocycles. The van der Waals surface area contributed by atoms with Gasteiger partial charge in [0.1, 0.15) is 11.5 Å². The first-order valence-electron chi connectivity index (χ1n) is 9.03. The molecule has 2 unspecified atom stereocenters. The largest absolute Gasteiger partial charge is 0.497 e. The van der Waals surface area contributed by atoms with Gasteiger partial charge in [-0.1, -0.05) is 6.92 Å². The molecule has 0 radical (unpaired) electrons. The van der Waals surface area contributed by atoms with Crippen molar-refractivity contribution in [1.82, 2.24) is 10.2 Å². The Morgan fingerprint density at radius 2 is 2.16 bits per heavy atom. The van der Waals surface area contributed by atoms with Gasteiger partial charge < -0.3 is 25.0 Å². The monoisotopic (exact) mass is 349 g/mol. The van der Waals surface area contributed by atoms with Gasteiger partial charge in [-0.05, 0) is 51.0 Å². The van der Waals surface area contributed by atoms with E-state index in [-0.39, 0.29) is 11.9 Å². The Balaban J connectivity index is 1.77. The number of carbonyl (C=O) groups is 1. The first kappa shape index (κ1) is 19.5. The second-order valence-electron chi connectivity index (χ2n) is 6.68. The number of methoxy groups -OCH3 is 2. The van der Waals surface area contributed by atoms with Crippen molar-refractivity contribution >= 4 is 11.6 Å². The van der Waals surface area contributed by atoms with Crippen molar-refractivity contribution in [3.8, 4) is 11.5 Å². The molecule has 2 N–H and O–H groups in total. The van der Waals surface area contributed by atoms with Gasteiger partial charge in [-0.25, -0.2) is 0 Å². The average Bonchev–Trinajstić information content (AvgIpc) is 3.08. The van der Waals surface area contributed by atoms with Crippen molar-refractivity contribution in [2.24, 2.45) is 5.92 Å². The minimum Gasteiger partial charge on any atom is -0.497 e. The molecule has 2 atom stereocenters. The number of hydrogen-bond donors (Lipinski definition) is 2. The highest BCUT2D eigenvalue weighted by Crippen LogP contribution is 2.29. The van der Waals surface area contributed by atoms with E-state index in [1.54, 1.807) is 32.4 Å². The molecule has 1 aromatic rings. The summed E-state index contributed by atoms with van der Waals surface area (Å²) in [6.07, 6.45) is 1.67. The normalized spacial score (nSPS) is 18.8. The minimum atomic E-state index is -0.0231. The summed E-state index contributed by atoms with van der Waals surface area (Å²) >= 11 is 0. The molecule has 0 aromatic heterocycles. The third kappa shape index (κ3) is 5.90. The second kappa shape index (κ2) is 9.63. The second-order valence-corrected chi connectivity index (χ2v) is 6.68. The lowest BCUT2D eigenvalue weighted by Crippen LogP contribution is -2.35. The maximum absolute atomic E-state index is 12.3. The fraction of sp³-hybridized carbons (Fsp3) is 0.632. The molecule has 1 heterocycles. The number of nitrogens with zero attached hydrogens (tertiary/aromatic N) is 1. The van der Waals surface area contributed by atoms with Gasteiger partial charge in [0.05, 0.1) is 19.9 Å². The molecule has 6 nitrogen and oxygen atoms in total. The van der Waals surface area contributed by atoms with Gasteiger partial charge in [-0.3, -0.25) is 4.79 Å². The van der Waals surface area contributed by atoms with E-state index in [9.17, 15) is 4.79 Å². The Morgan fingerprint density at radius 1 is 1.36 bits per heavy atom. The van der Waals surface area contributed by atoms with E-state index in [1.165, 1.54) is 13.0 Å². The fourth-order valence-corrected chi connectivity index (χ4v) is 3.19. The number of benzene rings is 1. The molecule has 1 aromatic carbocycles. The van der Waals surface area contributed by atoms with Crippen LogP contribution < -0.4 is 20.1 Å². The Hall–Kier alpha value is -1.79. The van der Waals surface area contributed by atoms with Crippen molar-refractivity contribution in [2.75, 3.05) is 45.7 Å². The van der Waals surface area contributed by atoms with Crippen LogP contribution in [0.3, 0.4) is 0 Å². The van der Waals surface area contributed by atoms with Crippen LogP contribution in [0.4, 0.5) is 5.69 Å². The standard InChI is InChI=1S/C19H31N3O3/c1-5-22-9-8-15(13-22)12-20-14(2)10-19(23)21-17-7-6-16(24-3)11-18(17)25-4/h6-7,11,14-15,20H,5,8-10,12-13H2,1-4H3,(H,21,23). The SMILES string of the molecule is CCN1CCC(CNC(C)CC(=O)Nc2ccc(OC)cc2OC)C1. The predicted molar refractivity (Wildman–Crippen MR) is 100 cm³/mol. The summed E-state index contributed by atoms with van der Waals surface area (Å²) in [4.78, 5) is 14.8. The number of carbonyl (C=O) groups excluding carboxylic acids is 1. The van der Waals surface area contributed by atoms with Crippen molar-refractivity contribution in [1.29, 1.82) is 0 Å². The summed E-state index contributed by atoms with van der Waals surface area (Å²) < 4.78 is 10.5. The molecular formula is C19H31N3O3. The van der Waals surface area contributed by atoms with Gasteiger partial charge in [0, 0.05) is 25.1 Å². The van der Waals surface area contributed by atoms with Crippen molar-refractivity contribution in [3.05, 3.63) is 18.2 Å². The number of amides is 1. The lowest BCUT2D eigenvalue weighted by molar-refractivity contribution is -0.116. The summed E-state index contributed by atoms with van der Waals surface area (Å²) in [5.74, 6) is 1.96. The van der Waals surface area contributed by atoms with Crippen molar-refractivity contribution in [3.63, 3.8) is 0 Å². The Bertz CT molecular complexity index is 565. The van der Waals surface area contributed by atoms with Crippen molar-refractivity contribution < 1.29 is 14.3 Å². The van der Waals surface area contributed by atoms with Crippen LogP contribution in [0.2, 0.25) is 0 Å². The van der Waals surface area contributed by atoms with Gasteiger partial charge in [0.25, 0.3) is 0 Å². The van der Waals surface area contributed by atoms with Gasteiger partial charge >= 0.3 is 0 Å². The van der Waals surface area contributed by atoms with E-state index < -0.39 is 0 Å². The Labute approximate surface area is 150 Å². The molecule has 0 aliphatic carbocycles. The number of rotatable bonds is 9. The molecule has 1 aliphatic rings. The topological polar surface area (TPSA) is 62.8 Å². The zero-order valence-electron chi connectivity index (χ0n) is 15.8. The van der Waals surface area contributed by atoms with Crippen LogP contribution in [0.15, 0.2) is 18.2 Å². The first-order chi connectivity index (χ1) is 12.0. The Kier molecular flexibility index (Phi) is 7.52. The number of anilines is 1. The first-order valence-corrected chi connectivity index (χ1v) is 9.03. The van der Waals surface area contributed by atoms with Crippen LogP contribution in [0.5, 0.6) is 11.5 Å². The molecule has 1 saturated heterocycles. The van der Waals surface area contributed by atoms with Gasteiger partial charge in [-0.15, -0.1) is 0 Å². The van der Waals surface area contributed by atoms with Gasteiger partial charge in [0.2, 0.25) is 5.91 Å². The Morgan fingerprint density at radius 3 is 2.80 bits per heavy atom. The summed E-state index contributed by atoms with van der Waals surface area (Å²) in [7, 11) is 3.18. The molecule has 25 heavy (non-hydrogen) atoms. The minimum absolute atomic E-state index is 0.0231. The maximum Gasteiger partial charge on any atom is 0.226 e. The molecule has 1 aliphatic heterocycles. The lowest BCUT2D eigenvalue weighted by atomic mass is 10.1. The summed E-state index contributed by atoms with van der Waals surface area (Å²) in [6, 6.07) is 5.50. The quantitative estimate of drug-likeness (QED) is 0.717. The zero-order valence-corrected chi connectivity index (χ0v) is 15.8. The van der Waals surface area contributed by atoms with Gasteiger partial charge in [-0.2, -0.15) is 0 Å². The van der Waals surface area contributed by atoms with Crippen LogP contribution >= 0.6 is 0 Å². The third-order valence-corrected chi connectivity index (χ3v) is 4.75. The van der Waals surface area contributed by atoms with Crippen LogP contribution in [-0.4, -0.2) is 57.2 Å². The highest BCUT2D eigenvalue weighted by molar-refractivity contribution is 5.92. The summed E-state index contributed by atoms with van der Waals surface area (Å²) in [5, 5.41) is 6.41. The van der Waals surface area contributed by atoms with Crippen LogP contribution in [0.25, 0.3) is 0 Å². The number of nitrogens with one attached hydrogen (secondary N) is 2. The molecular weight excluding hydrogens is 318 g/mol. The van der Waals surface area contributed by atoms with Crippen molar-refractivity contribution in [2.45, 2.75) is 32.7 Å². The highest BCUT2D eigenvalue weighted by Gasteiger charge is 2.21. The molecule has 1 amide bonds. The highest BCUT2D eigenvalue weighted by atomic mass is 16.5. The van der Waals surface area contributed by atoms with Crippen LogP contribution in [-0.2, 0) is 4.79 Å². The number of likely N-dealkylation sites (tertiary alicyclic amines) is 1. The third-order valence-electron chi connectivity index (χ3n) is 4.75. The zero-order chi connectivity index (χ0) is 18.2. The lowest BCUT2D eigenvalue weighted by Gasteiger charge is -2.18. The number of ether oxygens (including phenoxy) is 2. The molecule has 1 fully saturated rings. The predicted octanol–water partition coefficient (Wildman–Crippen LogP) is 2.35.